The third-order valence-electron chi connectivity index (χ3n) is 2.42. The van der Waals surface area contributed by atoms with Gasteiger partial charge in [-0.1, -0.05) is 0 Å². The van der Waals surface area contributed by atoms with Crippen molar-refractivity contribution < 1.29 is 14.7 Å². The van der Waals surface area contributed by atoms with Crippen molar-refractivity contribution in [1.29, 1.82) is 0 Å². The van der Waals surface area contributed by atoms with Crippen LogP contribution >= 0.6 is 67.8 Å². The molecule has 0 unspecified atom stereocenters. The molecule has 1 aromatic carbocycles. The Kier molecular flexibility index (Phi) is 7.05. The van der Waals surface area contributed by atoms with Crippen LogP contribution in [0.15, 0.2) is 17.8 Å². The zero-order valence-corrected chi connectivity index (χ0v) is 16.4. The zero-order valence-electron chi connectivity index (χ0n) is 9.91. The minimum absolute atomic E-state index is 0.0769. The number of benzene rings is 1. The average molecular weight is 597 g/mol. The van der Waals surface area contributed by atoms with E-state index in [2.05, 4.69) is 67.8 Å². The summed E-state index contributed by atoms with van der Waals surface area (Å²) >= 11 is 6.65. The molecule has 4 nitrogen and oxygen atoms in total. The van der Waals surface area contributed by atoms with Gasteiger partial charge in [-0.3, -0.25) is 4.79 Å². The van der Waals surface area contributed by atoms with Crippen LogP contribution in [0.1, 0.15) is 12.8 Å². The molecule has 0 radical (unpaired) electrons. The van der Waals surface area contributed by atoms with Crippen LogP contribution in [0, 0.1) is 10.7 Å². The number of aliphatic carboxylic acids is 1. The number of rotatable bonds is 5. The summed E-state index contributed by atoms with van der Waals surface area (Å²) in [7, 11) is 1.76. The van der Waals surface area contributed by atoms with E-state index in [1.807, 2.05) is 18.1 Å². The van der Waals surface area contributed by atoms with Gasteiger partial charge >= 0.3 is 5.97 Å². The van der Waals surface area contributed by atoms with Crippen molar-refractivity contribution in [3.63, 3.8) is 0 Å². The SMILES string of the molecule is CN(C(=C=O)CCC(=O)O)c1c(I)cc(I)cc1I. The molecule has 1 aromatic rings. The lowest BCUT2D eigenvalue weighted by atomic mass is 10.2. The molecule has 0 saturated carbocycles. The maximum absolute atomic E-state index is 11.0. The summed E-state index contributed by atoms with van der Waals surface area (Å²) in [6.45, 7) is 0. The highest BCUT2D eigenvalue weighted by molar-refractivity contribution is 14.1. The molecule has 0 amide bonds. The number of allylic oxidation sites excluding steroid dienone is 1. The van der Waals surface area contributed by atoms with E-state index in [1.54, 1.807) is 11.9 Å². The minimum Gasteiger partial charge on any atom is -0.481 e. The van der Waals surface area contributed by atoms with Crippen LogP contribution in [-0.4, -0.2) is 24.1 Å². The molecule has 0 aliphatic heterocycles. The molecule has 0 fully saturated rings. The van der Waals surface area contributed by atoms with Crippen molar-refractivity contribution in [2.75, 3.05) is 11.9 Å². The van der Waals surface area contributed by atoms with Gasteiger partial charge < -0.3 is 10.0 Å². The van der Waals surface area contributed by atoms with E-state index >= 15 is 0 Å². The van der Waals surface area contributed by atoms with E-state index in [4.69, 9.17) is 5.11 Å². The fourth-order valence-electron chi connectivity index (χ4n) is 1.50. The number of hydrogen-bond acceptors (Lipinski definition) is 3. The molecular formula is C12H10I3NO3. The molecule has 102 valence electrons. The molecule has 0 aliphatic rings. The van der Waals surface area contributed by atoms with Gasteiger partial charge in [-0.05, 0) is 79.9 Å². The van der Waals surface area contributed by atoms with Crippen LogP contribution < -0.4 is 4.90 Å². The number of nitrogens with zero attached hydrogens (tertiary/aromatic N) is 1. The van der Waals surface area contributed by atoms with Gasteiger partial charge in [0.2, 0.25) is 0 Å². The van der Waals surface area contributed by atoms with Gasteiger partial charge in [0.25, 0.3) is 0 Å². The van der Waals surface area contributed by atoms with Crippen molar-refractivity contribution in [3.8, 4) is 0 Å². The summed E-state index contributed by atoms with van der Waals surface area (Å²) in [4.78, 5) is 23.3. The van der Waals surface area contributed by atoms with Gasteiger partial charge in [0.15, 0.2) is 0 Å². The van der Waals surface area contributed by atoms with Gasteiger partial charge in [0.1, 0.15) is 11.6 Å². The minimum atomic E-state index is -0.923. The zero-order chi connectivity index (χ0) is 14.6. The van der Waals surface area contributed by atoms with Crippen LogP contribution in [0.4, 0.5) is 5.69 Å². The molecule has 0 aromatic heterocycles. The molecule has 1 N–H and O–H groups in total. The van der Waals surface area contributed by atoms with Gasteiger partial charge in [-0.2, -0.15) is 0 Å². The Bertz CT molecular complexity index is 530. The molecule has 1 rings (SSSR count). The van der Waals surface area contributed by atoms with E-state index in [-0.39, 0.29) is 12.8 Å². The van der Waals surface area contributed by atoms with Gasteiger partial charge in [0.05, 0.1) is 12.1 Å². The molecule has 0 bridgehead atoms. The fraction of sp³-hybridized carbons (Fsp3) is 0.250. The Morgan fingerprint density at radius 3 is 2.21 bits per heavy atom. The number of carboxylic acid groups (broad SMARTS) is 1. The summed E-state index contributed by atoms with van der Waals surface area (Å²) in [6, 6.07) is 4.02. The molecule has 0 saturated heterocycles. The van der Waals surface area contributed by atoms with E-state index in [0.717, 1.165) is 16.4 Å². The Labute approximate surface area is 152 Å². The highest BCUT2D eigenvalue weighted by Gasteiger charge is 2.16. The Morgan fingerprint density at radius 2 is 1.79 bits per heavy atom. The first kappa shape index (κ1) is 17.2. The average Bonchev–Trinajstić information content (AvgIpc) is 2.27. The maximum Gasteiger partial charge on any atom is 0.303 e. The normalized spacial score (nSPS) is 9.89. The van der Waals surface area contributed by atoms with Crippen LogP contribution in [-0.2, 0) is 9.59 Å². The highest BCUT2D eigenvalue weighted by Crippen LogP contribution is 2.32. The third kappa shape index (κ3) is 4.87. The molecule has 0 aliphatic carbocycles. The lowest BCUT2D eigenvalue weighted by Gasteiger charge is -2.22. The lowest BCUT2D eigenvalue weighted by Crippen LogP contribution is -2.20. The Balaban J connectivity index is 3.08. The number of carboxylic acids is 1. The first-order valence-corrected chi connectivity index (χ1v) is 8.44. The van der Waals surface area contributed by atoms with Crippen molar-refractivity contribution in [2.24, 2.45) is 0 Å². The second-order valence-corrected chi connectivity index (χ2v) is 7.29. The van der Waals surface area contributed by atoms with Crippen LogP contribution in [0.3, 0.4) is 0 Å². The Hall–Kier alpha value is 0.130. The molecule has 0 spiro atoms. The van der Waals surface area contributed by atoms with Crippen molar-refractivity contribution in [1.82, 2.24) is 0 Å². The fourth-order valence-corrected chi connectivity index (χ4v) is 5.81. The van der Waals surface area contributed by atoms with Gasteiger partial charge in [-0.15, -0.1) is 0 Å². The molecule has 7 heteroatoms. The standard InChI is InChI=1S/C12H10I3NO3/c1-16(8(6-17)2-3-11(18)19)12-9(14)4-7(13)5-10(12)15/h4-5H,2-3H2,1H3,(H,18,19). The number of carbonyl (C=O) groups excluding carboxylic acids is 1. The molecule has 19 heavy (non-hydrogen) atoms. The summed E-state index contributed by atoms with van der Waals surface area (Å²) in [5.74, 6) is 0.922. The number of carbonyl (C=O) groups is 1. The van der Waals surface area contributed by atoms with Gasteiger partial charge in [0, 0.05) is 24.2 Å². The first-order chi connectivity index (χ1) is 8.86. The monoisotopic (exact) mass is 597 g/mol. The number of halogens is 3. The molecular weight excluding hydrogens is 587 g/mol. The predicted molar refractivity (Wildman–Crippen MR) is 99.1 cm³/mol. The second kappa shape index (κ2) is 7.79. The summed E-state index contributed by atoms with van der Waals surface area (Å²) in [5.41, 5.74) is 1.25. The second-order valence-electron chi connectivity index (χ2n) is 3.72. The van der Waals surface area contributed by atoms with E-state index in [0.29, 0.717) is 5.70 Å². The summed E-state index contributed by atoms with van der Waals surface area (Å²) < 4.78 is 3.14. The lowest BCUT2D eigenvalue weighted by molar-refractivity contribution is -0.136. The van der Waals surface area contributed by atoms with Crippen molar-refractivity contribution in [2.45, 2.75) is 12.8 Å². The van der Waals surface area contributed by atoms with Crippen molar-refractivity contribution >= 4 is 85.4 Å². The maximum atomic E-state index is 11.0. The van der Waals surface area contributed by atoms with E-state index < -0.39 is 5.97 Å². The van der Waals surface area contributed by atoms with Crippen molar-refractivity contribution in [3.05, 3.63) is 28.5 Å². The predicted octanol–water partition coefficient (Wildman–Crippen LogP) is 3.52. The topological polar surface area (TPSA) is 57.6 Å². The smallest absolute Gasteiger partial charge is 0.303 e. The molecule has 0 heterocycles. The van der Waals surface area contributed by atoms with Crippen LogP contribution in [0.5, 0.6) is 0 Å². The van der Waals surface area contributed by atoms with E-state index in [9.17, 15) is 9.59 Å². The Morgan fingerprint density at radius 1 is 1.26 bits per heavy atom. The largest absolute Gasteiger partial charge is 0.481 e. The first-order valence-electron chi connectivity index (χ1n) is 5.21. The van der Waals surface area contributed by atoms with Gasteiger partial charge in [-0.25, -0.2) is 4.79 Å². The molecule has 0 atom stereocenters. The van der Waals surface area contributed by atoms with E-state index in [1.165, 1.54) is 0 Å². The summed E-state index contributed by atoms with van der Waals surface area (Å²) in [6.07, 6.45) is 0.0971. The third-order valence-corrected chi connectivity index (χ3v) is 4.68. The highest BCUT2D eigenvalue weighted by atomic mass is 127. The number of hydrogen-bond donors (Lipinski definition) is 1. The number of anilines is 1. The van der Waals surface area contributed by atoms with Crippen LogP contribution in [0.2, 0.25) is 0 Å². The summed E-state index contributed by atoms with van der Waals surface area (Å²) in [5, 5.41) is 8.69. The van der Waals surface area contributed by atoms with Crippen LogP contribution in [0.25, 0.3) is 0 Å². The quantitative estimate of drug-likeness (QED) is 0.418.